The van der Waals surface area contributed by atoms with Gasteiger partial charge in [-0.1, -0.05) is 18.2 Å². The van der Waals surface area contributed by atoms with E-state index in [4.69, 9.17) is 4.74 Å². The van der Waals surface area contributed by atoms with Crippen molar-refractivity contribution in [2.24, 2.45) is 0 Å². The fraction of sp³-hybridized carbons (Fsp3) is 0.400. The number of para-hydroxylation sites is 1. The first kappa shape index (κ1) is 19.7. The molecular formula is C20H28N4O2. The summed E-state index contributed by atoms with van der Waals surface area (Å²) in [5.41, 5.74) is 2.40. The van der Waals surface area contributed by atoms with Crippen molar-refractivity contribution < 1.29 is 9.53 Å². The molecule has 0 saturated heterocycles. The summed E-state index contributed by atoms with van der Waals surface area (Å²) in [6, 6.07) is 11.5. The van der Waals surface area contributed by atoms with E-state index >= 15 is 0 Å². The maximum absolute atomic E-state index is 12.3. The predicted octanol–water partition coefficient (Wildman–Crippen LogP) is 2.43. The third kappa shape index (κ3) is 6.37. The minimum absolute atomic E-state index is 0.170. The van der Waals surface area contributed by atoms with Crippen LogP contribution in [0.5, 0.6) is 5.75 Å². The van der Waals surface area contributed by atoms with E-state index in [9.17, 15) is 4.79 Å². The van der Waals surface area contributed by atoms with Gasteiger partial charge in [-0.15, -0.1) is 0 Å². The topological polar surface area (TPSA) is 66.5 Å². The van der Waals surface area contributed by atoms with Crippen molar-refractivity contribution in [3.8, 4) is 5.75 Å². The van der Waals surface area contributed by atoms with Crippen molar-refractivity contribution in [3.63, 3.8) is 0 Å². The Labute approximate surface area is 155 Å². The van der Waals surface area contributed by atoms with Crippen LogP contribution in [0.3, 0.4) is 0 Å². The summed E-state index contributed by atoms with van der Waals surface area (Å²) >= 11 is 0. The number of pyridine rings is 1. The second-order valence-corrected chi connectivity index (χ2v) is 6.33. The number of hydrogen-bond acceptors (Lipinski definition) is 5. The molecule has 0 bridgehead atoms. The molecule has 2 aromatic rings. The summed E-state index contributed by atoms with van der Waals surface area (Å²) in [6.07, 6.45) is 3.40. The maximum atomic E-state index is 12.3. The zero-order chi connectivity index (χ0) is 18.8. The van der Waals surface area contributed by atoms with Gasteiger partial charge in [0.2, 0.25) is 0 Å². The Morgan fingerprint density at radius 1 is 1.19 bits per heavy atom. The second kappa shape index (κ2) is 10.4. The number of ether oxygens (including phenoxy) is 1. The summed E-state index contributed by atoms with van der Waals surface area (Å²) in [4.78, 5) is 18.6. The molecule has 0 saturated carbocycles. The third-order valence-electron chi connectivity index (χ3n) is 3.98. The Bertz CT molecular complexity index is 704. The van der Waals surface area contributed by atoms with Gasteiger partial charge < -0.3 is 20.3 Å². The second-order valence-electron chi connectivity index (χ2n) is 6.33. The van der Waals surface area contributed by atoms with Gasteiger partial charge in [-0.05, 0) is 57.2 Å². The molecule has 2 N–H and O–H groups in total. The van der Waals surface area contributed by atoms with E-state index in [0.717, 1.165) is 36.5 Å². The van der Waals surface area contributed by atoms with Crippen LogP contribution in [0, 0.1) is 0 Å². The minimum atomic E-state index is -0.170. The van der Waals surface area contributed by atoms with Gasteiger partial charge in [-0.25, -0.2) is 0 Å². The lowest BCUT2D eigenvalue weighted by Gasteiger charge is -2.11. The molecule has 0 fully saturated rings. The van der Waals surface area contributed by atoms with Crippen LogP contribution in [0.2, 0.25) is 0 Å². The zero-order valence-electron chi connectivity index (χ0n) is 15.8. The van der Waals surface area contributed by atoms with Gasteiger partial charge in [0.25, 0.3) is 5.91 Å². The molecule has 1 amide bonds. The molecule has 2 rings (SSSR count). The first-order valence-corrected chi connectivity index (χ1v) is 8.85. The van der Waals surface area contributed by atoms with Crippen LogP contribution >= 0.6 is 0 Å². The lowest BCUT2D eigenvalue weighted by atomic mass is 10.1. The highest BCUT2D eigenvalue weighted by atomic mass is 16.5. The molecule has 26 heavy (non-hydrogen) atoms. The van der Waals surface area contributed by atoms with E-state index in [1.165, 1.54) is 0 Å². The fourth-order valence-corrected chi connectivity index (χ4v) is 2.60. The van der Waals surface area contributed by atoms with Crippen LogP contribution in [0.25, 0.3) is 0 Å². The fourth-order valence-electron chi connectivity index (χ4n) is 2.60. The zero-order valence-corrected chi connectivity index (χ0v) is 15.8. The normalized spacial score (nSPS) is 10.6. The highest BCUT2D eigenvalue weighted by Gasteiger charge is 2.08. The number of carbonyl (C=O) groups excluding carboxylic acids is 1. The first-order valence-electron chi connectivity index (χ1n) is 8.85. The maximum Gasteiger partial charge on any atom is 0.269 e. The summed E-state index contributed by atoms with van der Waals surface area (Å²) in [5.74, 6) is 0.667. The monoisotopic (exact) mass is 356 g/mol. The SMILES string of the molecule is COc1ccccc1CCNC(=O)c1cc(NCCCN(C)C)ccn1. The number of anilines is 1. The number of nitrogens with one attached hydrogen (secondary N) is 2. The molecule has 6 heteroatoms. The molecule has 0 unspecified atom stereocenters. The number of aromatic nitrogens is 1. The van der Waals surface area contributed by atoms with Crippen LogP contribution in [0.1, 0.15) is 22.5 Å². The van der Waals surface area contributed by atoms with Crippen molar-refractivity contribution in [1.82, 2.24) is 15.2 Å². The van der Waals surface area contributed by atoms with Crippen LogP contribution in [0.4, 0.5) is 5.69 Å². The lowest BCUT2D eigenvalue weighted by Crippen LogP contribution is -2.26. The Balaban J connectivity index is 1.82. The van der Waals surface area contributed by atoms with Crippen LogP contribution in [-0.4, -0.2) is 56.6 Å². The van der Waals surface area contributed by atoms with Gasteiger partial charge in [0.1, 0.15) is 11.4 Å². The third-order valence-corrected chi connectivity index (χ3v) is 3.98. The summed E-state index contributed by atoms with van der Waals surface area (Å²) in [6.45, 7) is 2.41. The highest BCUT2D eigenvalue weighted by molar-refractivity contribution is 5.93. The van der Waals surface area contributed by atoms with Gasteiger partial charge in [0, 0.05) is 25.0 Å². The van der Waals surface area contributed by atoms with Gasteiger partial charge in [0.15, 0.2) is 0 Å². The average molecular weight is 356 g/mol. The minimum Gasteiger partial charge on any atom is -0.496 e. The van der Waals surface area contributed by atoms with Crippen LogP contribution in [0.15, 0.2) is 42.6 Å². The molecule has 140 valence electrons. The average Bonchev–Trinajstić information content (AvgIpc) is 2.65. The van der Waals surface area contributed by atoms with Gasteiger partial charge in [-0.3, -0.25) is 9.78 Å². The van der Waals surface area contributed by atoms with Crippen molar-refractivity contribution in [2.45, 2.75) is 12.8 Å². The standard InChI is InChI=1S/C20H28N4O2/c1-24(2)14-6-11-21-17-10-13-22-18(15-17)20(25)23-12-9-16-7-4-5-8-19(16)26-3/h4-5,7-8,10,13,15H,6,9,11-12,14H2,1-3H3,(H,21,22)(H,23,25). The highest BCUT2D eigenvalue weighted by Crippen LogP contribution is 2.17. The largest absolute Gasteiger partial charge is 0.496 e. The number of rotatable bonds is 10. The molecule has 1 heterocycles. The first-order chi connectivity index (χ1) is 12.6. The molecule has 0 atom stereocenters. The van der Waals surface area contributed by atoms with Gasteiger partial charge in [0.05, 0.1) is 7.11 Å². The van der Waals surface area contributed by atoms with E-state index in [1.54, 1.807) is 19.4 Å². The van der Waals surface area contributed by atoms with E-state index in [1.807, 2.05) is 30.3 Å². The molecular weight excluding hydrogens is 328 g/mol. The lowest BCUT2D eigenvalue weighted by molar-refractivity contribution is 0.0949. The number of amides is 1. The number of hydrogen-bond donors (Lipinski definition) is 2. The van der Waals surface area contributed by atoms with Gasteiger partial charge >= 0.3 is 0 Å². The summed E-state index contributed by atoms with van der Waals surface area (Å²) in [5, 5.41) is 6.25. The molecule has 0 radical (unpaired) electrons. The molecule has 0 aliphatic heterocycles. The number of benzene rings is 1. The Morgan fingerprint density at radius 2 is 2.00 bits per heavy atom. The van der Waals surface area contributed by atoms with Gasteiger partial charge in [-0.2, -0.15) is 0 Å². The summed E-state index contributed by atoms with van der Waals surface area (Å²) in [7, 11) is 5.76. The predicted molar refractivity (Wildman–Crippen MR) is 105 cm³/mol. The molecule has 1 aromatic heterocycles. The molecule has 0 aliphatic carbocycles. The van der Waals surface area contributed by atoms with E-state index in [0.29, 0.717) is 18.7 Å². The number of methoxy groups -OCH3 is 1. The van der Waals surface area contributed by atoms with Crippen molar-refractivity contribution in [3.05, 3.63) is 53.9 Å². The molecule has 0 spiro atoms. The smallest absolute Gasteiger partial charge is 0.269 e. The number of nitrogens with zero attached hydrogens (tertiary/aromatic N) is 2. The molecule has 0 aliphatic rings. The number of carbonyl (C=O) groups is 1. The van der Waals surface area contributed by atoms with E-state index in [-0.39, 0.29) is 5.91 Å². The van der Waals surface area contributed by atoms with E-state index in [2.05, 4.69) is 34.6 Å². The quantitative estimate of drug-likeness (QED) is 0.640. The van der Waals surface area contributed by atoms with Crippen molar-refractivity contribution in [2.75, 3.05) is 46.2 Å². The van der Waals surface area contributed by atoms with E-state index < -0.39 is 0 Å². The van der Waals surface area contributed by atoms with Crippen molar-refractivity contribution in [1.29, 1.82) is 0 Å². The van der Waals surface area contributed by atoms with Crippen molar-refractivity contribution >= 4 is 11.6 Å². The molecule has 6 nitrogen and oxygen atoms in total. The Hall–Kier alpha value is -2.60. The van der Waals surface area contributed by atoms with Crippen LogP contribution in [-0.2, 0) is 6.42 Å². The van der Waals surface area contributed by atoms with Crippen LogP contribution < -0.4 is 15.4 Å². The molecule has 1 aromatic carbocycles. The Morgan fingerprint density at radius 3 is 2.77 bits per heavy atom. The summed E-state index contributed by atoms with van der Waals surface area (Å²) < 4.78 is 5.33. The Kier molecular flexibility index (Phi) is 7.89.